The zero-order valence-electron chi connectivity index (χ0n) is 12.7. The Labute approximate surface area is 133 Å². The molecule has 0 aliphatic heterocycles. The summed E-state index contributed by atoms with van der Waals surface area (Å²) < 4.78 is 1.43. The summed E-state index contributed by atoms with van der Waals surface area (Å²) in [7, 11) is 0. The standard InChI is InChI=1S/C19H15N3O/c1-13-18(15-10-6-3-7-11-15)21-22-17(23)12-16(20-19(13)22)14-8-4-2-5-9-14/h2-12,20H,1H3. The Morgan fingerprint density at radius 2 is 1.52 bits per heavy atom. The van der Waals surface area contributed by atoms with Crippen LogP contribution in [0.25, 0.3) is 28.2 Å². The Balaban J connectivity index is 1.97. The van der Waals surface area contributed by atoms with Gasteiger partial charge in [0, 0.05) is 17.2 Å². The number of rotatable bonds is 2. The molecule has 0 aliphatic rings. The van der Waals surface area contributed by atoms with Crippen LogP contribution in [0.4, 0.5) is 0 Å². The zero-order valence-corrected chi connectivity index (χ0v) is 12.7. The van der Waals surface area contributed by atoms with Crippen molar-refractivity contribution >= 4 is 5.65 Å². The molecule has 4 aromatic rings. The first-order valence-corrected chi connectivity index (χ1v) is 7.47. The van der Waals surface area contributed by atoms with Crippen LogP contribution in [0.5, 0.6) is 0 Å². The lowest BCUT2D eigenvalue weighted by Crippen LogP contribution is -2.14. The molecule has 4 rings (SSSR count). The normalized spacial score (nSPS) is 11.0. The van der Waals surface area contributed by atoms with Crippen molar-refractivity contribution in [2.45, 2.75) is 6.92 Å². The highest BCUT2D eigenvalue weighted by Gasteiger charge is 2.14. The second kappa shape index (κ2) is 5.25. The highest BCUT2D eigenvalue weighted by molar-refractivity contribution is 5.72. The third kappa shape index (κ3) is 2.25. The average Bonchev–Trinajstić information content (AvgIpc) is 2.94. The van der Waals surface area contributed by atoms with Crippen molar-refractivity contribution < 1.29 is 0 Å². The molecule has 4 nitrogen and oxygen atoms in total. The van der Waals surface area contributed by atoms with Gasteiger partial charge in [-0.15, -0.1) is 0 Å². The summed E-state index contributed by atoms with van der Waals surface area (Å²) in [6, 6.07) is 21.3. The number of aryl methyl sites for hydroxylation is 1. The summed E-state index contributed by atoms with van der Waals surface area (Å²) in [5, 5.41) is 4.49. The quantitative estimate of drug-likeness (QED) is 0.614. The molecule has 0 aliphatic carbocycles. The first-order valence-electron chi connectivity index (χ1n) is 7.47. The number of nitrogens with one attached hydrogen (secondary N) is 1. The van der Waals surface area contributed by atoms with Gasteiger partial charge in [-0.25, -0.2) is 0 Å². The van der Waals surface area contributed by atoms with Crippen LogP contribution in [0.1, 0.15) is 5.56 Å². The highest BCUT2D eigenvalue weighted by Crippen LogP contribution is 2.25. The van der Waals surface area contributed by atoms with Crippen molar-refractivity contribution in [1.29, 1.82) is 0 Å². The lowest BCUT2D eigenvalue weighted by molar-refractivity contribution is 0.904. The van der Waals surface area contributed by atoms with Crippen molar-refractivity contribution in [2.24, 2.45) is 0 Å². The van der Waals surface area contributed by atoms with E-state index in [1.807, 2.05) is 67.6 Å². The number of nitrogens with zero attached hydrogens (tertiary/aromatic N) is 2. The van der Waals surface area contributed by atoms with Crippen molar-refractivity contribution in [3.63, 3.8) is 0 Å². The van der Waals surface area contributed by atoms with Gasteiger partial charge in [-0.3, -0.25) is 4.79 Å². The Bertz CT molecular complexity index is 1030. The van der Waals surface area contributed by atoms with E-state index in [4.69, 9.17) is 0 Å². The third-order valence-electron chi connectivity index (χ3n) is 3.98. The van der Waals surface area contributed by atoms with E-state index in [0.29, 0.717) is 0 Å². The minimum atomic E-state index is -0.136. The molecule has 0 spiro atoms. The molecular formula is C19H15N3O. The van der Waals surface area contributed by atoms with Crippen molar-refractivity contribution in [3.8, 4) is 22.5 Å². The molecule has 0 amide bonds. The summed E-state index contributed by atoms with van der Waals surface area (Å²) in [5.74, 6) is 0. The molecule has 23 heavy (non-hydrogen) atoms. The van der Waals surface area contributed by atoms with E-state index >= 15 is 0 Å². The number of fused-ring (bicyclic) bond motifs is 1. The molecule has 0 radical (unpaired) electrons. The molecule has 0 bridgehead atoms. The number of benzene rings is 2. The lowest BCUT2D eigenvalue weighted by Gasteiger charge is -2.02. The Hall–Kier alpha value is -3.14. The van der Waals surface area contributed by atoms with E-state index in [1.165, 1.54) is 4.52 Å². The lowest BCUT2D eigenvalue weighted by atomic mass is 10.1. The van der Waals surface area contributed by atoms with Gasteiger partial charge in [0.05, 0.1) is 11.4 Å². The van der Waals surface area contributed by atoms with Gasteiger partial charge in [-0.2, -0.15) is 9.61 Å². The molecule has 4 heteroatoms. The fourth-order valence-electron chi connectivity index (χ4n) is 2.79. The van der Waals surface area contributed by atoms with Gasteiger partial charge in [0.2, 0.25) is 0 Å². The average molecular weight is 301 g/mol. The van der Waals surface area contributed by atoms with Crippen LogP contribution >= 0.6 is 0 Å². The van der Waals surface area contributed by atoms with Crippen LogP contribution in [0.3, 0.4) is 0 Å². The fraction of sp³-hybridized carbons (Fsp3) is 0.0526. The van der Waals surface area contributed by atoms with Crippen LogP contribution in [0.2, 0.25) is 0 Å². The van der Waals surface area contributed by atoms with Crippen LogP contribution in [0, 0.1) is 6.92 Å². The molecule has 0 unspecified atom stereocenters. The van der Waals surface area contributed by atoms with Crippen LogP contribution < -0.4 is 5.56 Å². The van der Waals surface area contributed by atoms with Gasteiger partial charge < -0.3 is 4.98 Å². The van der Waals surface area contributed by atoms with E-state index in [-0.39, 0.29) is 5.56 Å². The molecule has 0 atom stereocenters. The second-order valence-corrected chi connectivity index (χ2v) is 5.49. The maximum absolute atomic E-state index is 12.5. The predicted molar refractivity (Wildman–Crippen MR) is 91.4 cm³/mol. The Morgan fingerprint density at radius 3 is 2.17 bits per heavy atom. The van der Waals surface area contributed by atoms with Gasteiger partial charge >= 0.3 is 0 Å². The molecule has 0 saturated heterocycles. The summed E-state index contributed by atoms with van der Waals surface area (Å²) >= 11 is 0. The summed E-state index contributed by atoms with van der Waals surface area (Å²) in [4.78, 5) is 15.8. The SMILES string of the molecule is Cc1c(-c2ccccc2)nn2c(=O)cc(-c3ccccc3)[nH]c12. The molecule has 0 saturated carbocycles. The second-order valence-electron chi connectivity index (χ2n) is 5.49. The molecular weight excluding hydrogens is 286 g/mol. The van der Waals surface area contributed by atoms with Crippen molar-refractivity contribution in [3.05, 3.63) is 82.6 Å². The molecule has 2 heterocycles. The number of H-pyrrole nitrogens is 1. The van der Waals surface area contributed by atoms with Gasteiger partial charge in [-0.1, -0.05) is 60.7 Å². The van der Waals surface area contributed by atoms with Crippen LogP contribution in [-0.4, -0.2) is 14.6 Å². The third-order valence-corrected chi connectivity index (χ3v) is 3.98. The first-order chi connectivity index (χ1) is 11.2. The van der Waals surface area contributed by atoms with Crippen LogP contribution in [-0.2, 0) is 0 Å². The number of hydrogen-bond acceptors (Lipinski definition) is 2. The number of hydrogen-bond donors (Lipinski definition) is 1. The van der Waals surface area contributed by atoms with Crippen LogP contribution in [0.15, 0.2) is 71.5 Å². The topological polar surface area (TPSA) is 50.2 Å². The molecule has 1 N–H and O–H groups in total. The maximum Gasteiger partial charge on any atom is 0.274 e. The van der Waals surface area contributed by atoms with Gasteiger partial charge in [0.15, 0.2) is 0 Å². The summed E-state index contributed by atoms with van der Waals surface area (Å²) in [6.07, 6.45) is 0. The zero-order chi connectivity index (χ0) is 15.8. The van der Waals surface area contributed by atoms with Crippen molar-refractivity contribution in [1.82, 2.24) is 14.6 Å². The molecule has 2 aromatic carbocycles. The largest absolute Gasteiger partial charge is 0.339 e. The summed E-state index contributed by atoms with van der Waals surface area (Å²) in [5.41, 5.74) is 5.16. The highest BCUT2D eigenvalue weighted by atomic mass is 16.1. The first kappa shape index (κ1) is 13.5. The van der Waals surface area contributed by atoms with Crippen molar-refractivity contribution in [2.75, 3.05) is 0 Å². The predicted octanol–water partition coefficient (Wildman–Crippen LogP) is 3.67. The summed E-state index contributed by atoms with van der Waals surface area (Å²) in [6.45, 7) is 1.98. The van der Waals surface area contributed by atoms with E-state index in [1.54, 1.807) is 6.07 Å². The number of aromatic amines is 1. The number of aromatic nitrogens is 3. The maximum atomic E-state index is 12.5. The Morgan fingerprint density at radius 1 is 0.913 bits per heavy atom. The fourth-order valence-corrected chi connectivity index (χ4v) is 2.79. The van der Waals surface area contributed by atoms with E-state index in [0.717, 1.165) is 33.7 Å². The minimum Gasteiger partial charge on any atom is -0.339 e. The van der Waals surface area contributed by atoms with E-state index in [9.17, 15) is 4.79 Å². The monoisotopic (exact) mass is 301 g/mol. The minimum absolute atomic E-state index is 0.136. The van der Waals surface area contributed by atoms with E-state index < -0.39 is 0 Å². The molecule has 112 valence electrons. The van der Waals surface area contributed by atoms with Gasteiger partial charge in [-0.05, 0) is 12.5 Å². The molecule has 2 aromatic heterocycles. The van der Waals surface area contributed by atoms with Gasteiger partial charge in [0.1, 0.15) is 5.65 Å². The Kier molecular flexibility index (Phi) is 3.08. The molecule has 0 fully saturated rings. The van der Waals surface area contributed by atoms with E-state index in [2.05, 4.69) is 10.1 Å². The smallest absolute Gasteiger partial charge is 0.274 e. The van der Waals surface area contributed by atoms with Gasteiger partial charge in [0.25, 0.3) is 5.56 Å².